The molecule has 0 saturated carbocycles. The van der Waals surface area contributed by atoms with Crippen molar-refractivity contribution in [2.45, 2.75) is 6.54 Å². The number of carbonyl (C=O) groups excluding carboxylic acids is 1. The number of para-hydroxylation sites is 1. The number of furan rings is 1. The molecule has 0 aliphatic heterocycles. The molecular weight excluding hydrogens is 402 g/mol. The average Bonchev–Trinajstić information content (AvgIpc) is 3.39. The normalized spacial score (nSPS) is 11.1. The van der Waals surface area contributed by atoms with Gasteiger partial charge in [0, 0.05) is 28.7 Å². The van der Waals surface area contributed by atoms with E-state index in [0.717, 1.165) is 22.7 Å². The Balaban J connectivity index is 1.55. The molecule has 1 aromatic carbocycles. The van der Waals surface area contributed by atoms with E-state index in [4.69, 9.17) is 4.42 Å². The molecule has 0 radical (unpaired) electrons. The Morgan fingerprint density at radius 3 is 2.87 bits per heavy atom. The van der Waals surface area contributed by atoms with Gasteiger partial charge in [0.2, 0.25) is 5.76 Å². The van der Waals surface area contributed by atoms with E-state index in [9.17, 15) is 14.9 Å². The van der Waals surface area contributed by atoms with Crippen molar-refractivity contribution in [2.75, 3.05) is 12.5 Å². The standard InChI is InChI=1S/C21H17N5O5/c1-30-21(27)19-8-7-16(31-19)13-25-12-14(17-4-2-3-5-18(17)25)10-23-24-20-9-6-15(11-22-20)26(28)29/h2-12H,13H2,1H3,(H,22,24)/b23-10-. The van der Waals surface area contributed by atoms with Crippen LogP contribution in [0.1, 0.15) is 21.9 Å². The summed E-state index contributed by atoms with van der Waals surface area (Å²) in [5.74, 6) is 0.618. The molecule has 4 aromatic rings. The number of anilines is 1. The molecule has 0 unspecified atom stereocenters. The molecule has 0 aliphatic carbocycles. The molecule has 0 fully saturated rings. The molecule has 0 bridgehead atoms. The molecule has 31 heavy (non-hydrogen) atoms. The number of rotatable bonds is 7. The summed E-state index contributed by atoms with van der Waals surface area (Å²) in [5.41, 5.74) is 4.49. The molecule has 10 nitrogen and oxygen atoms in total. The zero-order chi connectivity index (χ0) is 21.8. The first-order valence-corrected chi connectivity index (χ1v) is 9.19. The van der Waals surface area contributed by atoms with E-state index in [1.54, 1.807) is 18.3 Å². The number of nitrogens with zero attached hydrogens (tertiary/aromatic N) is 4. The molecule has 1 N–H and O–H groups in total. The molecule has 0 atom stereocenters. The van der Waals surface area contributed by atoms with Crippen LogP contribution in [0, 0.1) is 10.1 Å². The topological polar surface area (TPSA) is 125 Å². The van der Waals surface area contributed by atoms with Gasteiger partial charge in [0.05, 0.1) is 24.8 Å². The van der Waals surface area contributed by atoms with Crippen LogP contribution in [0.4, 0.5) is 11.5 Å². The van der Waals surface area contributed by atoms with E-state index >= 15 is 0 Å². The Labute approximate surface area is 175 Å². The smallest absolute Gasteiger partial charge is 0.373 e. The third-order valence-electron chi connectivity index (χ3n) is 4.54. The Morgan fingerprint density at radius 1 is 1.29 bits per heavy atom. The SMILES string of the molecule is COC(=O)c1ccc(Cn2cc(/C=N\Nc3ccc([N+](=O)[O-])cn3)c3ccccc32)o1. The zero-order valence-electron chi connectivity index (χ0n) is 16.4. The molecule has 156 valence electrons. The number of hydrogen-bond donors (Lipinski definition) is 1. The predicted octanol–water partition coefficient (Wildman–Crippen LogP) is 3.82. The number of aromatic nitrogens is 2. The third kappa shape index (κ3) is 4.27. The number of esters is 1. The summed E-state index contributed by atoms with van der Waals surface area (Å²) in [7, 11) is 1.30. The number of hydrogen-bond acceptors (Lipinski definition) is 8. The summed E-state index contributed by atoms with van der Waals surface area (Å²) >= 11 is 0. The second-order valence-corrected chi connectivity index (χ2v) is 6.52. The van der Waals surface area contributed by atoms with Crippen LogP contribution in [0.3, 0.4) is 0 Å². The largest absolute Gasteiger partial charge is 0.463 e. The highest BCUT2D eigenvalue weighted by Crippen LogP contribution is 2.22. The summed E-state index contributed by atoms with van der Waals surface area (Å²) in [4.78, 5) is 25.7. The van der Waals surface area contributed by atoms with Gasteiger partial charge in [0.15, 0.2) is 0 Å². The van der Waals surface area contributed by atoms with Crippen LogP contribution in [0.25, 0.3) is 10.9 Å². The highest BCUT2D eigenvalue weighted by Gasteiger charge is 2.13. The Morgan fingerprint density at radius 2 is 2.13 bits per heavy atom. The number of benzene rings is 1. The molecule has 0 saturated heterocycles. The van der Waals surface area contributed by atoms with Gasteiger partial charge in [-0.1, -0.05) is 18.2 Å². The number of methoxy groups -OCH3 is 1. The fourth-order valence-corrected chi connectivity index (χ4v) is 3.08. The minimum Gasteiger partial charge on any atom is -0.463 e. The number of pyridine rings is 1. The lowest BCUT2D eigenvalue weighted by Gasteiger charge is -2.02. The summed E-state index contributed by atoms with van der Waals surface area (Å²) in [5, 5.41) is 15.9. The van der Waals surface area contributed by atoms with Crippen LogP contribution >= 0.6 is 0 Å². The van der Waals surface area contributed by atoms with Crippen LogP contribution < -0.4 is 5.43 Å². The zero-order valence-corrected chi connectivity index (χ0v) is 16.4. The van der Waals surface area contributed by atoms with Gasteiger partial charge in [0.25, 0.3) is 5.69 Å². The van der Waals surface area contributed by atoms with Crippen molar-refractivity contribution in [1.29, 1.82) is 0 Å². The van der Waals surface area contributed by atoms with Gasteiger partial charge in [-0.15, -0.1) is 0 Å². The van der Waals surface area contributed by atoms with Gasteiger partial charge in [-0.3, -0.25) is 15.5 Å². The van der Waals surface area contributed by atoms with Gasteiger partial charge in [-0.2, -0.15) is 5.10 Å². The van der Waals surface area contributed by atoms with Crippen molar-refractivity contribution in [3.8, 4) is 0 Å². The summed E-state index contributed by atoms with van der Waals surface area (Å²) in [6.45, 7) is 0.419. The maximum atomic E-state index is 11.6. The lowest BCUT2D eigenvalue weighted by molar-refractivity contribution is -0.385. The molecule has 3 aromatic heterocycles. The first-order chi connectivity index (χ1) is 15.0. The molecule has 0 amide bonds. The molecular formula is C21H17N5O5. The first kappa shape index (κ1) is 19.8. The minimum atomic E-state index is -0.526. The number of ether oxygens (including phenoxy) is 1. The van der Waals surface area contributed by atoms with Crippen molar-refractivity contribution in [1.82, 2.24) is 9.55 Å². The van der Waals surface area contributed by atoms with E-state index < -0.39 is 10.9 Å². The second-order valence-electron chi connectivity index (χ2n) is 6.52. The number of nitrogens with one attached hydrogen (secondary N) is 1. The minimum absolute atomic E-state index is 0.0918. The van der Waals surface area contributed by atoms with Crippen LogP contribution in [0.5, 0.6) is 0 Å². The second kappa shape index (κ2) is 8.49. The van der Waals surface area contributed by atoms with Crippen LogP contribution in [0.15, 0.2) is 70.4 Å². The van der Waals surface area contributed by atoms with Crippen molar-refractivity contribution in [2.24, 2.45) is 5.10 Å². The summed E-state index contributed by atoms with van der Waals surface area (Å²) < 4.78 is 12.2. The Bertz CT molecular complexity index is 1270. The number of fused-ring (bicyclic) bond motifs is 1. The third-order valence-corrected chi connectivity index (χ3v) is 4.54. The lowest BCUT2D eigenvalue weighted by atomic mass is 10.2. The number of nitro groups is 1. The van der Waals surface area contributed by atoms with Crippen molar-refractivity contribution < 1.29 is 18.9 Å². The average molecular weight is 419 g/mol. The monoisotopic (exact) mass is 419 g/mol. The molecule has 10 heteroatoms. The summed E-state index contributed by atoms with van der Waals surface area (Å²) in [6.07, 6.45) is 4.72. The van der Waals surface area contributed by atoms with Crippen LogP contribution in [-0.4, -0.2) is 33.8 Å². The number of hydrazone groups is 1. The maximum Gasteiger partial charge on any atom is 0.373 e. The van der Waals surface area contributed by atoms with E-state index in [-0.39, 0.29) is 11.4 Å². The van der Waals surface area contributed by atoms with Crippen LogP contribution in [0.2, 0.25) is 0 Å². The van der Waals surface area contributed by atoms with E-state index in [0.29, 0.717) is 18.1 Å². The van der Waals surface area contributed by atoms with E-state index in [1.807, 2.05) is 35.0 Å². The fourth-order valence-electron chi connectivity index (χ4n) is 3.08. The highest BCUT2D eigenvalue weighted by molar-refractivity contribution is 5.99. The summed E-state index contributed by atoms with van der Waals surface area (Å²) in [6, 6.07) is 13.9. The van der Waals surface area contributed by atoms with Gasteiger partial charge in [0.1, 0.15) is 17.8 Å². The number of carbonyl (C=O) groups is 1. The fraction of sp³-hybridized carbons (Fsp3) is 0.0952. The maximum absolute atomic E-state index is 11.6. The lowest BCUT2D eigenvalue weighted by Crippen LogP contribution is -1.99. The highest BCUT2D eigenvalue weighted by atomic mass is 16.6. The van der Waals surface area contributed by atoms with Gasteiger partial charge < -0.3 is 13.7 Å². The van der Waals surface area contributed by atoms with Gasteiger partial charge in [-0.05, 0) is 24.3 Å². The van der Waals surface area contributed by atoms with Gasteiger partial charge >= 0.3 is 5.97 Å². The van der Waals surface area contributed by atoms with Crippen molar-refractivity contribution in [3.63, 3.8) is 0 Å². The molecule has 0 aliphatic rings. The first-order valence-electron chi connectivity index (χ1n) is 9.19. The molecule has 0 spiro atoms. The Hall–Kier alpha value is -4.47. The van der Waals surface area contributed by atoms with Gasteiger partial charge in [-0.25, -0.2) is 9.78 Å². The Kier molecular flexibility index (Phi) is 5.43. The quantitative estimate of drug-likeness (QED) is 0.209. The molecule has 3 heterocycles. The molecule has 4 rings (SSSR count). The van der Waals surface area contributed by atoms with E-state index in [1.165, 1.54) is 19.2 Å². The predicted molar refractivity (Wildman–Crippen MR) is 113 cm³/mol. The van der Waals surface area contributed by atoms with Crippen molar-refractivity contribution in [3.05, 3.63) is 88.1 Å². The van der Waals surface area contributed by atoms with E-state index in [2.05, 4.69) is 20.2 Å². The van der Waals surface area contributed by atoms with Crippen molar-refractivity contribution >= 4 is 34.6 Å². The van der Waals surface area contributed by atoms with Crippen LogP contribution in [-0.2, 0) is 11.3 Å².